The normalized spacial score (nSPS) is 10.9. The first kappa shape index (κ1) is 12.6. The van der Waals surface area contributed by atoms with Gasteiger partial charge in [0, 0.05) is 21.6 Å². The number of nitrogens with one attached hydrogen (secondary N) is 1. The fourth-order valence-electron chi connectivity index (χ4n) is 0.932. The van der Waals surface area contributed by atoms with Gasteiger partial charge in [0.25, 0.3) is 0 Å². The van der Waals surface area contributed by atoms with Crippen LogP contribution in [0.15, 0.2) is 24.3 Å². The maximum atomic E-state index is 12.4. The number of aromatic carboxylic acids is 1. The molecule has 0 bridgehead atoms. The lowest BCUT2D eigenvalue weighted by Gasteiger charge is -2.09. The molecule has 0 saturated heterocycles. The van der Waals surface area contributed by atoms with Crippen molar-refractivity contribution in [1.29, 1.82) is 0 Å². The highest BCUT2D eigenvalue weighted by atomic mass is 79.9. The predicted octanol–water partition coefficient (Wildman–Crippen LogP) is 2.31. The Balaban J connectivity index is 2.87. The number of carboxylic acids is 1. The summed E-state index contributed by atoms with van der Waals surface area (Å²) < 4.78 is 24.9. The van der Waals surface area contributed by atoms with Crippen LogP contribution in [0.3, 0.4) is 0 Å². The Bertz CT molecular complexity index is 431. The van der Waals surface area contributed by atoms with Crippen LogP contribution >= 0.6 is 15.9 Å². The van der Waals surface area contributed by atoms with Crippen molar-refractivity contribution in [2.75, 3.05) is 5.32 Å². The minimum absolute atomic E-state index is 0.0102. The van der Waals surface area contributed by atoms with E-state index in [1.165, 1.54) is 18.2 Å². The summed E-state index contributed by atoms with van der Waals surface area (Å²) in [6.07, 6.45) is 0. The lowest BCUT2D eigenvalue weighted by Crippen LogP contribution is -2.28. The van der Waals surface area contributed by atoms with Gasteiger partial charge in [0.2, 0.25) is 0 Å². The van der Waals surface area contributed by atoms with E-state index in [-0.39, 0.29) is 11.3 Å². The number of carbonyl (C=O) groups is 2. The van der Waals surface area contributed by atoms with Crippen molar-refractivity contribution in [3.63, 3.8) is 0 Å². The molecule has 1 rings (SSSR count). The van der Waals surface area contributed by atoms with Crippen LogP contribution in [0.1, 0.15) is 10.4 Å². The molecule has 0 fully saturated rings. The van der Waals surface area contributed by atoms with E-state index >= 15 is 0 Å². The third-order valence-corrected chi connectivity index (χ3v) is 1.98. The highest BCUT2D eigenvalue weighted by Crippen LogP contribution is 2.23. The van der Waals surface area contributed by atoms with Crippen LogP contribution in [0.2, 0.25) is 0 Å². The molecule has 0 aliphatic rings. The number of anilines is 1. The maximum Gasteiger partial charge on any atom is 0.378 e. The number of alkyl halides is 3. The maximum absolute atomic E-state index is 12.4. The monoisotopic (exact) mass is 293 g/mol. The summed E-state index contributed by atoms with van der Waals surface area (Å²) >= 11 is 1.89. The van der Waals surface area contributed by atoms with Gasteiger partial charge in [0.15, 0.2) is 0 Å². The molecule has 0 spiro atoms. The molecule has 1 amide bonds. The summed E-state index contributed by atoms with van der Waals surface area (Å²) in [6, 6.07) is 5.01. The molecule has 0 aliphatic carbocycles. The van der Waals surface area contributed by atoms with Gasteiger partial charge in [-0.05, 0) is 18.2 Å². The fraction of sp³-hybridized carbons (Fsp3) is 0.111. The molecule has 0 saturated carbocycles. The van der Waals surface area contributed by atoms with E-state index in [9.17, 15) is 18.4 Å². The third-order valence-electron chi connectivity index (χ3n) is 1.62. The van der Waals surface area contributed by atoms with Gasteiger partial charge in [-0.15, -0.1) is 0 Å². The molecular weight excluding hydrogens is 288 g/mol. The first-order chi connectivity index (χ1) is 7.30. The van der Waals surface area contributed by atoms with Crippen LogP contribution in [-0.2, 0) is 4.79 Å². The van der Waals surface area contributed by atoms with E-state index < -0.39 is 16.7 Å². The summed E-state index contributed by atoms with van der Waals surface area (Å²) in [5.41, 5.74) is -0.111. The minimum Gasteiger partial charge on any atom is -0.478 e. The van der Waals surface area contributed by atoms with Crippen molar-refractivity contribution < 1.29 is 23.5 Å². The van der Waals surface area contributed by atoms with Crippen LogP contribution in [0.4, 0.5) is 14.5 Å². The highest BCUT2D eigenvalue weighted by Gasteiger charge is 2.34. The first-order valence-corrected chi connectivity index (χ1v) is 4.81. The van der Waals surface area contributed by atoms with Gasteiger partial charge < -0.3 is 10.4 Å². The van der Waals surface area contributed by atoms with Crippen molar-refractivity contribution in [3.8, 4) is 0 Å². The Hall–Kier alpha value is -1.50. The van der Waals surface area contributed by atoms with Crippen molar-refractivity contribution in [2.24, 2.45) is 0 Å². The Morgan fingerprint density at radius 1 is 1.38 bits per heavy atom. The molecule has 0 aromatic heterocycles. The number of hydrogen-bond donors (Lipinski definition) is 2. The zero-order chi connectivity index (χ0) is 12.3. The Morgan fingerprint density at radius 2 is 2.00 bits per heavy atom. The standard InChI is InChI=1S/C9H6BrF2NO3/c10-9(11,12)8(16)13-6-3-1-2-5(4-6)7(14)15/h1-4H,(H,13,16)(H,14,15). The zero-order valence-electron chi connectivity index (χ0n) is 7.71. The van der Waals surface area contributed by atoms with Gasteiger partial charge in [0.05, 0.1) is 5.56 Å². The first-order valence-electron chi connectivity index (χ1n) is 4.02. The summed E-state index contributed by atoms with van der Waals surface area (Å²) in [5.74, 6) is -2.77. The van der Waals surface area contributed by atoms with Gasteiger partial charge in [0.1, 0.15) is 0 Å². The number of benzene rings is 1. The molecule has 86 valence electrons. The fourth-order valence-corrected chi connectivity index (χ4v) is 1.03. The van der Waals surface area contributed by atoms with Gasteiger partial charge in [-0.3, -0.25) is 4.79 Å². The number of carbonyl (C=O) groups excluding carboxylic acids is 1. The van der Waals surface area contributed by atoms with E-state index in [2.05, 4.69) is 0 Å². The average Bonchev–Trinajstić information content (AvgIpc) is 2.16. The Labute approximate surface area is 97.4 Å². The second-order valence-electron chi connectivity index (χ2n) is 2.84. The van der Waals surface area contributed by atoms with Gasteiger partial charge in [-0.2, -0.15) is 8.78 Å². The average molecular weight is 294 g/mol. The zero-order valence-corrected chi connectivity index (χ0v) is 9.29. The lowest BCUT2D eigenvalue weighted by atomic mass is 10.2. The summed E-state index contributed by atoms with van der Waals surface area (Å²) in [4.78, 5) is 17.7. The summed E-state index contributed by atoms with van der Waals surface area (Å²) in [5, 5.41) is 10.5. The number of carboxylic acid groups (broad SMARTS) is 1. The van der Waals surface area contributed by atoms with Crippen molar-refractivity contribution in [3.05, 3.63) is 29.8 Å². The van der Waals surface area contributed by atoms with Gasteiger partial charge in [-0.1, -0.05) is 6.07 Å². The van der Waals surface area contributed by atoms with Gasteiger partial charge in [-0.25, -0.2) is 4.79 Å². The number of amides is 1. The lowest BCUT2D eigenvalue weighted by molar-refractivity contribution is -0.128. The minimum atomic E-state index is -3.69. The number of rotatable bonds is 3. The predicted molar refractivity (Wildman–Crippen MR) is 55.9 cm³/mol. The molecule has 0 aliphatic heterocycles. The molecule has 4 nitrogen and oxygen atoms in total. The van der Waals surface area contributed by atoms with Crippen molar-refractivity contribution >= 4 is 33.5 Å². The highest BCUT2D eigenvalue weighted by molar-refractivity contribution is 9.10. The van der Waals surface area contributed by atoms with Crippen LogP contribution in [0, 0.1) is 0 Å². The van der Waals surface area contributed by atoms with E-state index in [1.54, 1.807) is 0 Å². The van der Waals surface area contributed by atoms with Gasteiger partial charge >= 0.3 is 16.7 Å². The second-order valence-corrected chi connectivity index (χ2v) is 3.83. The van der Waals surface area contributed by atoms with Crippen LogP contribution in [-0.4, -0.2) is 21.8 Å². The Morgan fingerprint density at radius 3 is 2.50 bits per heavy atom. The van der Waals surface area contributed by atoms with E-state index in [0.717, 1.165) is 6.07 Å². The molecule has 0 heterocycles. The molecule has 0 atom stereocenters. The number of halogens is 3. The molecule has 16 heavy (non-hydrogen) atoms. The SMILES string of the molecule is O=C(O)c1cccc(NC(=O)C(F)(F)Br)c1. The van der Waals surface area contributed by atoms with Crippen molar-refractivity contribution in [1.82, 2.24) is 0 Å². The molecule has 0 unspecified atom stereocenters. The van der Waals surface area contributed by atoms with Crippen LogP contribution < -0.4 is 5.32 Å². The smallest absolute Gasteiger partial charge is 0.378 e. The largest absolute Gasteiger partial charge is 0.478 e. The van der Waals surface area contributed by atoms with E-state index in [0.29, 0.717) is 0 Å². The quantitative estimate of drug-likeness (QED) is 0.841. The molecule has 2 N–H and O–H groups in total. The summed E-state index contributed by atoms with van der Waals surface area (Å²) in [6.45, 7) is 0. The molecule has 1 aromatic rings. The van der Waals surface area contributed by atoms with E-state index in [1.807, 2.05) is 21.2 Å². The molecule has 0 radical (unpaired) electrons. The topological polar surface area (TPSA) is 66.4 Å². The van der Waals surface area contributed by atoms with Crippen LogP contribution in [0.25, 0.3) is 0 Å². The summed E-state index contributed by atoms with van der Waals surface area (Å²) in [7, 11) is 0. The Kier molecular flexibility index (Phi) is 3.58. The molecular formula is C9H6BrF2NO3. The van der Waals surface area contributed by atoms with Crippen molar-refractivity contribution in [2.45, 2.75) is 4.83 Å². The number of hydrogen-bond acceptors (Lipinski definition) is 2. The molecule has 7 heteroatoms. The van der Waals surface area contributed by atoms with E-state index in [4.69, 9.17) is 5.11 Å². The second kappa shape index (κ2) is 4.56. The molecule has 1 aromatic carbocycles. The third kappa shape index (κ3) is 3.27. The van der Waals surface area contributed by atoms with Crippen LogP contribution in [0.5, 0.6) is 0 Å².